The monoisotopic (exact) mass is 1150 g/mol. The van der Waals surface area contributed by atoms with E-state index in [0.29, 0.717) is 0 Å². The van der Waals surface area contributed by atoms with Gasteiger partial charge in [0, 0.05) is 33.5 Å². The van der Waals surface area contributed by atoms with Crippen LogP contribution >= 0.6 is 11.3 Å². The minimum Gasteiger partial charge on any atom is -0.467 e. The number of thiophene rings is 1. The molecule has 0 atom stereocenters. The number of fused-ring (bicyclic) bond motifs is 8. The van der Waals surface area contributed by atoms with E-state index in [2.05, 4.69) is 267 Å². The van der Waals surface area contributed by atoms with Gasteiger partial charge in [-0.2, -0.15) is 0 Å². The molecule has 3 nitrogen and oxygen atoms in total. The molecule has 0 amide bonds. The summed E-state index contributed by atoms with van der Waals surface area (Å²) < 4.78 is 5.08. The molecule has 0 saturated heterocycles. The zero-order valence-corrected chi connectivity index (χ0v) is 54.5. The molecule has 0 aliphatic rings. The fourth-order valence-electron chi connectivity index (χ4n) is 10.4. The van der Waals surface area contributed by atoms with Gasteiger partial charge in [0.15, 0.2) is 0 Å². The van der Waals surface area contributed by atoms with E-state index in [1.165, 1.54) is 130 Å². The Bertz CT molecular complexity index is 4250. The highest BCUT2D eigenvalue weighted by molar-refractivity contribution is 7.11. The van der Waals surface area contributed by atoms with Gasteiger partial charge in [0.05, 0.1) is 0 Å². The summed E-state index contributed by atoms with van der Waals surface area (Å²) in [6, 6.07) is 77.6. The second-order valence-electron chi connectivity index (χ2n) is 22.9. The SMILES string of the molecule is Cc1cc(C)c2ccccc2c1.Cc1ccc(C)o1.Cc1ccc(C)s1.Cc1ccc2c(ccc3cc(C)ccc32)c1.Cc1ccc2cc(C)c3ccccc3c2c1.Cc1ccc2cc(C)ccc2c1.Cc1cccc(C)n1.Cc1cncc(C)c1. The lowest BCUT2D eigenvalue weighted by Crippen LogP contribution is -1.83. The molecule has 0 fully saturated rings. The molecule has 86 heavy (non-hydrogen) atoms. The zero-order chi connectivity index (χ0) is 61.9. The third-order valence-electron chi connectivity index (χ3n) is 14.5. The molecule has 436 valence electrons. The first-order chi connectivity index (χ1) is 41.2. The number of pyridine rings is 2. The summed E-state index contributed by atoms with van der Waals surface area (Å²) in [6.45, 7) is 33.3. The number of furan rings is 1. The molecule has 0 aliphatic carbocycles. The van der Waals surface area contributed by atoms with Crippen LogP contribution in [0.25, 0.3) is 64.6 Å². The molecule has 10 aromatic carbocycles. The molecule has 0 radical (unpaired) electrons. The Hall–Kier alpha value is -8.96. The quantitative estimate of drug-likeness (QED) is 0.142. The van der Waals surface area contributed by atoms with Crippen LogP contribution in [0.5, 0.6) is 0 Å². The average Bonchev–Trinajstić information content (AvgIpc) is 2.46. The molecule has 14 aromatic rings. The van der Waals surface area contributed by atoms with Gasteiger partial charge in [0.2, 0.25) is 0 Å². The average molecular weight is 1150 g/mol. The second kappa shape index (κ2) is 31.3. The van der Waals surface area contributed by atoms with Gasteiger partial charge in [-0.15, -0.1) is 11.3 Å². The van der Waals surface area contributed by atoms with Crippen LogP contribution in [-0.2, 0) is 0 Å². The normalized spacial score (nSPS) is 10.3. The van der Waals surface area contributed by atoms with Crippen LogP contribution in [0, 0.1) is 111 Å². The standard InChI is InChI=1S/2C16H14.2C12H12.2C7H9N.C6H8O.C6H8S/c1-11-3-7-15-13(9-11)5-6-14-10-12(2)4-8-16(14)15;1-11-7-8-13-10-12(2)14-5-3-4-6-15(14)16(13)9-11;1-9-3-5-12-8-10(2)4-6-11(12)7-9;1-9-7-10(2)12-6-4-3-5-11(12)8-9;1-6-3-7(2)5-8-4-6;1-6-4-3-5-7(2)8-6;2*1-5-3-4-6(2)7-5/h2*3-10H,1-2H3;2*3-8H,1-2H3;2*3-5H,1-2H3;2*3-4H,1-2H3. The molecule has 0 saturated carbocycles. The van der Waals surface area contributed by atoms with Crippen molar-refractivity contribution >= 4 is 76.0 Å². The van der Waals surface area contributed by atoms with Gasteiger partial charge in [0.25, 0.3) is 0 Å². The highest BCUT2D eigenvalue weighted by Crippen LogP contribution is 2.30. The van der Waals surface area contributed by atoms with Crippen molar-refractivity contribution in [1.82, 2.24) is 9.97 Å². The first-order valence-electron chi connectivity index (χ1n) is 29.7. The number of benzene rings is 10. The van der Waals surface area contributed by atoms with Crippen molar-refractivity contribution in [2.75, 3.05) is 0 Å². The van der Waals surface area contributed by atoms with E-state index in [1.54, 1.807) is 0 Å². The lowest BCUT2D eigenvalue weighted by atomic mass is 9.97. The molecule has 4 aromatic heterocycles. The smallest absolute Gasteiger partial charge is 0.101 e. The summed E-state index contributed by atoms with van der Waals surface area (Å²) in [5, 5.41) is 16.2. The van der Waals surface area contributed by atoms with Crippen LogP contribution < -0.4 is 0 Å². The Morgan fingerprint density at radius 2 is 0.651 bits per heavy atom. The summed E-state index contributed by atoms with van der Waals surface area (Å²) in [6.07, 6.45) is 3.71. The van der Waals surface area contributed by atoms with E-state index in [1.807, 2.05) is 95.6 Å². The first-order valence-corrected chi connectivity index (χ1v) is 30.6. The van der Waals surface area contributed by atoms with E-state index >= 15 is 0 Å². The van der Waals surface area contributed by atoms with Crippen molar-refractivity contribution in [1.29, 1.82) is 0 Å². The van der Waals surface area contributed by atoms with Crippen LogP contribution in [-0.4, -0.2) is 9.97 Å². The minimum atomic E-state index is 0.984. The highest BCUT2D eigenvalue weighted by Gasteiger charge is 2.04. The minimum absolute atomic E-state index is 0.984. The number of rotatable bonds is 0. The molecule has 4 heteroatoms. The predicted octanol–water partition coefficient (Wildman–Crippen LogP) is 23.8. The van der Waals surface area contributed by atoms with Gasteiger partial charge in [-0.3, -0.25) is 9.97 Å². The zero-order valence-electron chi connectivity index (χ0n) is 53.7. The van der Waals surface area contributed by atoms with Crippen molar-refractivity contribution in [3.8, 4) is 0 Å². The number of aromatic nitrogens is 2. The summed E-state index contributed by atoms with van der Waals surface area (Å²) in [7, 11) is 0. The molecule has 0 unspecified atom stereocenters. The van der Waals surface area contributed by atoms with Crippen molar-refractivity contribution in [2.24, 2.45) is 0 Å². The van der Waals surface area contributed by atoms with E-state index in [-0.39, 0.29) is 0 Å². The Kier molecular flexibility index (Phi) is 23.5. The summed E-state index contributed by atoms with van der Waals surface area (Å²) in [5.41, 5.74) is 15.3. The second-order valence-corrected chi connectivity index (χ2v) is 24.4. The fraction of sp³-hybridized carbons (Fsp3) is 0.195. The van der Waals surface area contributed by atoms with Gasteiger partial charge >= 0.3 is 0 Å². The van der Waals surface area contributed by atoms with Gasteiger partial charge in [-0.25, -0.2) is 0 Å². The maximum absolute atomic E-state index is 5.08. The third kappa shape index (κ3) is 19.6. The molecule has 0 spiro atoms. The Labute approximate surface area is 517 Å². The van der Waals surface area contributed by atoms with Crippen LogP contribution in [0.1, 0.15) is 88.3 Å². The van der Waals surface area contributed by atoms with Gasteiger partial charge < -0.3 is 4.42 Å². The van der Waals surface area contributed by atoms with Crippen molar-refractivity contribution in [2.45, 2.75) is 111 Å². The van der Waals surface area contributed by atoms with E-state index in [0.717, 1.165) is 22.9 Å². The largest absolute Gasteiger partial charge is 0.467 e. The maximum Gasteiger partial charge on any atom is 0.101 e. The number of aryl methyl sites for hydroxylation is 16. The molecular formula is C82H86N2OS. The number of hydrogen-bond acceptors (Lipinski definition) is 4. The van der Waals surface area contributed by atoms with Crippen molar-refractivity contribution in [3.63, 3.8) is 0 Å². The van der Waals surface area contributed by atoms with E-state index < -0.39 is 0 Å². The third-order valence-corrected chi connectivity index (χ3v) is 15.4. The van der Waals surface area contributed by atoms with Gasteiger partial charge in [0.1, 0.15) is 11.5 Å². The van der Waals surface area contributed by atoms with Crippen molar-refractivity contribution in [3.05, 3.63) is 319 Å². The molecule has 14 rings (SSSR count). The number of nitrogens with zero attached hydrogens (tertiary/aromatic N) is 2. The maximum atomic E-state index is 5.08. The van der Waals surface area contributed by atoms with Crippen LogP contribution in [0.2, 0.25) is 0 Å². The molecule has 4 heterocycles. The van der Waals surface area contributed by atoms with Crippen molar-refractivity contribution < 1.29 is 4.42 Å². The predicted molar refractivity (Wildman–Crippen MR) is 378 cm³/mol. The summed E-state index contributed by atoms with van der Waals surface area (Å²) in [5.74, 6) is 1.97. The van der Waals surface area contributed by atoms with Gasteiger partial charge in [-0.1, -0.05) is 215 Å². The topological polar surface area (TPSA) is 38.9 Å². The highest BCUT2D eigenvalue weighted by atomic mass is 32.1. The molecular weight excluding hydrogens is 1060 g/mol. The summed E-state index contributed by atoms with van der Waals surface area (Å²) in [4.78, 5) is 11.0. The first kappa shape index (κ1) is 64.6. The number of hydrogen-bond donors (Lipinski definition) is 0. The molecule has 0 bridgehead atoms. The Morgan fingerprint density at radius 1 is 0.256 bits per heavy atom. The van der Waals surface area contributed by atoms with Crippen LogP contribution in [0.4, 0.5) is 0 Å². The lowest BCUT2D eigenvalue weighted by Gasteiger charge is -2.07. The Balaban J connectivity index is 0.000000144. The van der Waals surface area contributed by atoms with E-state index in [4.69, 9.17) is 4.42 Å². The Morgan fingerprint density at radius 3 is 1.09 bits per heavy atom. The van der Waals surface area contributed by atoms with Gasteiger partial charge in [-0.05, 0) is 234 Å². The molecule has 0 N–H and O–H groups in total. The van der Waals surface area contributed by atoms with E-state index in [9.17, 15) is 0 Å². The van der Waals surface area contributed by atoms with Crippen LogP contribution in [0.15, 0.2) is 235 Å². The molecule has 0 aliphatic heterocycles. The fourth-order valence-corrected chi connectivity index (χ4v) is 11.2. The van der Waals surface area contributed by atoms with Crippen LogP contribution in [0.3, 0.4) is 0 Å². The summed E-state index contributed by atoms with van der Waals surface area (Å²) >= 11 is 1.84. The lowest BCUT2D eigenvalue weighted by molar-refractivity contribution is 0.504.